The first-order chi connectivity index (χ1) is 10.4. The van der Waals surface area contributed by atoms with Crippen LogP contribution in [0.15, 0.2) is 6.07 Å². The number of anilines is 2. The van der Waals surface area contributed by atoms with Crippen molar-refractivity contribution in [3.63, 3.8) is 0 Å². The summed E-state index contributed by atoms with van der Waals surface area (Å²) < 4.78 is 0. The van der Waals surface area contributed by atoms with Crippen molar-refractivity contribution in [3.8, 4) is 0 Å². The van der Waals surface area contributed by atoms with Crippen LogP contribution in [0.2, 0.25) is 0 Å². The van der Waals surface area contributed by atoms with E-state index in [1.165, 1.54) is 25.7 Å². The van der Waals surface area contributed by atoms with Crippen LogP contribution in [0.25, 0.3) is 0 Å². The molecule has 6 nitrogen and oxygen atoms in total. The number of nitrogens with zero attached hydrogens (tertiary/aromatic N) is 4. The summed E-state index contributed by atoms with van der Waals surface area (Å²) in [6, 6.07) is 2.09. The van der Waals surface area contributed by atoms with Crippen LogP contribution in [0.1, 0.15) is 31.4 Å². The van der Waals surface area contributed by atoms with Crippen molar-refractivity contribution >= 4 is 11.8 Å². The number of aromatic nitrogens is 2. The Balaban J connectivity index is 1.80. The second kappa shape index (κ2) is 7.04. The molecule has 3 heterocycles. The molecule has 0 saturated carbocycles. The van der Waals surface area contributed by atoms with E-state index in [-0.39, 0.29) is 6.61 Å². The summed E-state index contributed by atoms with van der Waals surface area (Å²) in [5.41, 5.74) is 1.02. The van der Waals surface area contributed by atoms with Gasteiger partial charge in [0.1, 0.15) is 5.82 Å². The maximum atomic E-state index is 8.89. The van der Waals surface area contributed by atoms with Crippen molar-refractivity contribution < 1.29 is 5.11 Å². The van der Waals surface area contributed by atoms with E-state index in [0.29, 0.717) is 13.1 Å². The van der Waals surface area contributed by atoms with Crippen LogP contribution in [0.4, 0.5) is 11.8 Å². The van der Waals surface area contributed by atoms with E-state index in [9.17, 15) is 0 Å². The molecule has 0 aromatic carbocycles. The van der Waals surface area contributed by atoms with Gasteiger partial charge in [0, 0.05) is 45.3 Å². The molecule has 0 spiro atoms. The fourth-order valence-electron chi connectivity index (χ4n) is 3.02. The first-order valence-corrected chi connectivity index (χ1v) is 8.06. The Morgan fingerprint density at radius 3 is 2.33 bits per heavy atom. The van der Waals surface area contributed by atoms with Crippen LogP contribution in [-0.2, 0) is 6.54 Å². The summed E-state index contributed by atoms with van der Waals surface area (Å²) in [5, 5.41) is 12.1. The number of rotatable bonds is 6. The third kappa shape index (κ3) is 3.63. The molecule has 1 aromatic heterocycles. The molecular formula is C15H25N5O. The molecule has 1 aromatic rings. The van der Waals surface area contributed by atoms with Gasteiger partial charge < -0.3 is 20.2 Å². The first kappa shape index (κ1) is 14.5. The van der Waals surface area contributed by atoms with Crippen molar-refractivity contribution in [1.29, 1.82) is 0 Å². The highest BCUT2D eigenvalue weighted by atomic mass is 16.3. The fraction of sp³-hybridized carbons (Fsp3) is 0.733. The van der Waals surface area contributed by atoms with Crippen molar-refractivity contribution in [2.75, 3.05) is 49.1 Å². The van der Waals surface area contributed by atoms with Crippen LogP contribution in [0.3, 0.4) is 0 Å². The summed E-state index contributed by atoms with van der Waals surface area (Å²) in [6.07, 6.45) is 4.97. The van der Waals surface area contributed by atoms with Gasteiger partial charge in [-0.15, -0.1) is 0 Å². The molecule has 0 atom stereocenters. The minimum Gasteiger partial charge on any atom is -0.395 e. The lowest BCUT2D eigenvalue weighted by molar-refractivity contribution is 0.291. The molecule has 2 saturated heterocycles. The molecule has 2 aliphatic heterocycles. The van der Waals surface area contributed by atoms with Gasteiger partial charge in [-0.25, -0.2) is 4.98 Å². The normalized spacial score (nSPS) is 18.7. The van der Waals surface area contributed by atoms with E-state index < -0.39 is 0 Å². The molecule has 2 N–H and O–H groups in total. The largest absolute Gasteiger partial charge is 0.395 e. The zero-order valence-electron chi connectivity index (χ0n) is 12.6. The zero-order valence-corrected chi connectivity index (χ0v) is 12.6. The van der Waals surface area contributed by atoms with Crippen LogP contribution >= 0.6 is 0 Å². The van der Waals surface area contributed by atoms with Crippen LogP contribution < -0.4 is 15.1 Å². The highest BCUT2D eigenvalue weighted by Gasteiger charge is 2.20. The molecule has 0 aliphatic carbocycles. The predicted molar refractivity (Wildman–Crippen MR) is 83.7 cm³/mol. The van der Waals surface area contributed by atoms with Crippen molar-refractivity contribution in [2.45, 2.75) is 32.2 Å². The quantitative estimate of drug-likeness (QED) is 0.755. The highest BCUT2D eigenvalue weighted by molar-refractivity contribution is 5.47. The second-order valence-corrected chi connectivity index (χ2v) is 5.81. The minimum atomic E-state index is 0.156. The van der Waals surface area contributed by atoms with Gasteiger partial charge >= 0.3 is 0 Å². The molecular weight excluding hydrogens is 266 g/mol. The molecule has 21 heavy (non-hydrogen) atoms. The maximum Gasteiger partial charge on any atom is 0.227 e. The lowest BCUT2D eigenvalue weighted by atomic mass is 10.3. The third-order valence-electron chi connectivity index (χ3n) is 4.17. The lowest BCUT2D eigenvalue weighted by Gasteiger charge is -2.21. The summed E-state index contributed by atoms with van der Waals surface area (Å²) in [4.78, 5) is 14.1. The average molecular weight is 291 g/mol. The maximum absolute atomic E-state index is 8.89. The number of nitrogens with one attached hydrogen (secondary N) is 1. The number of hydrogen-bond donors (Lipinski definition) is 2. The molecule has 0 bridgehead atoms. The monoisotopic (exact) mass is 291 g/mol. The topological polar surface area (TPSA) is 64.5 Å². The van der Waals surface area contributed by atoms with Crippen LogP contribution in [0.5, 0.6) is 0 Å². The van der Waals surface area contributed by atoms with Crippen molar-refractivity contribution in [1.82, 2.24) is 15.3 Å². The Kier molecular flexibility index (Phi) is 4.87. The predicted octanol–water partition coefficient (Wildman–Crippen LogP) is 0.759. The number of hydrogen-bond acceptors (Lipinski definition) is 6. The summed E-state index contributed by atoms with van der Waals surface area (Å²) in [6.45, 7) is 5.76. The number of aliphatic hydroxyl groups excluding tert-OH is 1. The van der Waals surface area contributed by atoms with Gasteiger partial charge in [0.25, 0.3) is 0 Å². The molecule has 116 valence electrons. The summed E-state index contributed by atoms with van der Waals surface area (Å²) >= 11 is 0. The van der Waals surface area contributed by atoms with Crippen molar-refractivity contribution in [2.24, 2.45) is 0 Å². The van der Waals surface area contributed by atoms with Crippen LogP contribution in [0, 0.1) is 0 Å². The van der Waals surface area contributed by atoms with E-state index in [4.69, 9.17) is 15.1 Å². The van der Waals surface area contributed by atoms with Gasteiger partial charge in [-0.1, -0.05) is 0 Å². The Morgan fingerprint density at radius 2 is 1.67 bits per heavy atom. The zero-order chi connectivity index (χ0) is 14.5. The van der Waals surface area contributed by atoms with Gasteiger partial charge in [-0.05, 0) is 25.7 Å². The van der Waals surface area contributed by atoms with E-state index in [1.54, 1.807) is 0 Å². The van der Waals surface area contributed by atoms with Gasteiger partial charge in [0.2, 0.25) is 5.95 Å². The number of aliphatic hydroxyl groups is 1. The molecule has 6 heteroatoms. The SMILES string of the molecule is OCCNCc1cc(N2CCCC2)nc(N2CCCC2)n1. The summed E-state index contributed by atoms with van der Waals surface area (Å²) in [5.74, 6) is 1.93. The molecule has 2 fully saturated rings. The Labute approximate surface area is 126 Å². The Bertz CT molecular complexity index is 421. The molecule has 0 unspecified atom stereocenters. The van der Waals surface area contributed by atoms with E-state index in [2.05, 4.69) is 21.2 Å². The standard InChI is InChI=1S/C15H25N5O/c21-10-5-16-12-13-11-14(19-6-1-2-7-19)18-15(17-13)20-8-3-4-9-20/h11,16,21H,1-10,12H2. The Hall–Kier alpha value is -1.40. The van der Waals surface area contributed by atoms with Gasteiger partial charge in [0.15, 0.2) is 0 Å². The molecule has 3 rings (SSSR count). The summed E-state index contributed by atoms with van der Waals surface area (Å²) in [7, 11) is 0. The van der Waals surface area contributed by atoms with Gasteiger partial charge in [-0.2, -0.15) is 4.98 Å². The van der Waals surface area contributed by atoms with E-state index in [0.717, 1.165) is 43.6 Å². The second-order valence-electron chi connectivity index (χ2n) is 5.81. The molecule has 2 aliphatic rings. The molecule has 0 radical (unpaired) electrons. The van der Waals surface area contributed by atoms with Gasteiger partial charge in [-0.3, -0.25) is 0 Å². The smallest absolute Gasteiger partial charge is 0.227 e. The fourth-order valence-corrected chi connectivity index (χ4v) is 3.02. The van der Waals surface area contributed by atoms with Gasteiger partial charge in [0.05, 0.1) is 12.3 Å². The third-order valence-corrected chi connectivity index (χ3v) is 4.17. The Morgan fingerprint density at radius 1 is 1.00 bits per heavy atom. The lowest BCUT2D eigenvalue weighted by Crippen LogP contribution is -2.26. The highest BCUT2D eigenvalue weighted by Crippen LogP contribution is 2.23. The van der Waals surface area contributed by atoms with Crippen LogP contribution in [-0.4, -0.2) is 54.4 Å². The molecule has 0 amide bonds. The minimum absolute atomic E-state index is 0.156. The van der Waals surface area contributed by atoms with E-state index in [1.807, 2.05) is 0 Å². The first-order valence-electron chi connectivity index (χ1n) is 8.06. The average Bonchev–Trinajstić information content (AvgIpc) is 3.21. The van der Waals surface area contributed by atoms with Crippen molar-refractivity contribution in [3.05, 3.63) is 11.8 Å². The van der Waals surface area contributed by atoms with E-state index >= 15 is 0 Å².